The first-order chi connectivity index (χ1) is 16.1. The number of hydrogen-bond donors (Lipinski definition) is 2. The topological polar surface area (TPSA) is 67.8 Å². The smallest absolute Gasteiger partial charge is 0.306 e. The van der Waals surface area contributed by atoms with Gasteiger partial charge in [-0.05, 0) is 48.4 Å². The maximum atomic E-state index is 11.8. The number of esters is 1. The fraction of sp³-hybridized carbons (Fsp3) is 0.321. The van der Waals surface area contributed by atoms with Crippen molar-refractivity contribution in [3.63, 3.8) is 0 Å². The second kappa shape index (κ2) is 12.8. The molecule has 0 radical (unpaired) electrons. The maximum absolute atomic E-state index is 11.8. The van der Waals surface area contributed by atoms with E-state index in [4.69, 9.17) is 9.47 Å². The van der Waals surface area contributed by atoms with E-state index in [0.717, 1.165) is 33.2 Å². The summed E-state index contributed by atoms with van der Waals surface area (Å²) >= 11 is 0. The van der Waals surface area contributed by atoms with Crippen molar-refractivity contribution < 1.29 is 19.4 Å². The number of hydrogen-bond acceptors (Lipinski definition) is 5. The molecule has 2 N–H and O–H groups in total. The molecule has 0 amide bonds. The molecule has 1 unspecified atom stereocenters. The Morgan fingerprint density at radius 2 is 1.88 bits per heavy atom. The van der Waals surface area contributed by atoms with Crippen LogP contribution in [0.15, 0.2) is 66.7 Å². The average molecular weight is 448 g/mol. The normalized spacial score (nSPS) is 12.2. The standard InChI is InChI=1S/C28H33NO4/c1-3-10-23-17-24-13-7-8-14-26(24)28(21(23)2)29-18-25(30)20-32-16-9-15-27(31)33-19-22-11-5-4-6-12-22/h3-8,10-14,17,25,29-30H,9,15-16,18-20H2,1-2H3/b10-3-. The van der Waals surface area contributed by atoms with E-state index >= 15 is 0 Å². The van der Waals surface area contributed by atoms with Crippen molar-refractivity contribution in [3.05, 3.63) is 83.4 Å². The summed E-state index contributed by atoms with van der Waals surface area (Å²) in [6, 6.07) is 20.0. The van der Waals surface area contributed by atoms with Crippen LogP contribution in [0.5, 0.6) is 0 Å². The molecule has 0 aliphatic rings. The number of aliphatic hydroxyl groups excluding tert-OH is 1. The molecule has 0 heterocycles. The first-order valence-electron chi connectivity index (χ1n) is 11.4. The largest absolute Gasteiger partial charge is 0.461 e. The first-order valence-corrected chi connectivity index (χ1v) is 11.4. The van der Waals surface area contributed by atoms with Crippen LogP contribution < -0.4 is 5.32 Å². The summed E-state index contributed by atoms with van der Waals surface area (Å²) in [4.78, 5) is 11.8. The zero-order chi connectivity index (χ0) is 23.5. The van der Waals surface area contributed by atoms with E-state index in [-0.39, 0.29) is 19.2 Å². The third-order valence-corrected chi connectivity index (χ3v) is 5.43. The Labute approximate surface area is 196 Å². The molecule has 33 heavy (non-hydrogen) atoms. The van der Waals surface area contributed by atoms with Crippen LogP contribution in [0.1, 0.15) is 36.5 Å². The zero-order valence-electron chi connectivity index (χ0n) is 19.4. The molecule has 0 spiro atoms. The van der Waals surface area contributed by atoms with Gasteiger partial charge in [0, 0.05) is 30.6 Å². The molecule has 0 aliphatic carbocycles. The van der Waals surface area contributed by atoms with Gasteiger partial charge in [0.05, 0.1) is 12.7 Å². The monoisotopic (exact) mass is 447 g/mol. The Balaban J connectivity index is 1.40. The van der Waals surface area contributed by atoms with Gasteiger partial charge < -0.3 is 19.9 Å². The highest BCUT2D eigenvalue weighted by Crippen LogP contribution is 2.31. The highest BCUT2D eigenvalue weighted by atomic mass is 16.5. The molecular weight excluding hydrogens is 414 g/mol. The predicted molar refractivity (Wildman–Crippen MR) is 134 cm³/mol. The van der Waals surface area contributed by atoms with Gasteiger partial charge in [0.1, 0.15) is 6.61 Å². The van der Waals surface area contributed by atoms with Crippen molar-refractivity contribution >= 4 is 28.5 Å². The van der Waals surface area contributed by atoms with Crippen molar-refractivity contribution in [1.82, 2.24) is 0 Å². The van der Waals surface area contributed by atoms with Crippen LogP contribution in [0.4, 0.5) is 5.69 Å². The second-order valence-corrected chi connectivity index (χ2v) is 8.05. The van der Waals surface area contributed by atoms with Crippen molar-refractivity contribution in [2.45, 2.75) is 39.4 Å². The lowest BCUT2D eigenvalue weighted by Crippen LogP contribution is -2.25. The summed E-state index contributed by atoms with van der Waals surface area (Å²) in [5.74, 6) is -0.243. The lowest BCUT2D eigenvalue weighted by atomic mass is 9.98. The number of ether oxygens (including phenoxy) is 2. The highest BCUT2D eigenvalue weighted by Gasteiger charge is 2.11. The van der Waals surface area contributed by atoms with Gasteiger partial charge in [-0.15, -0.1) is 0 Å². The molecule has 0 aliphatic heterocycles. The molecule has 0 saturated heterocycles. The fourth-order valence-corrected chi connectivity index (χ4v) is 3.68. The van der Waals surface area contributed by atoms with Crippen molar-refractivity contribution in [2.24, 2.45) is 0 Å². The number of carbonyl (C=O) groups is 1. The van der Waals surface area contributed by atoms with Gasteiger partial charge in [0.2, 0.25) is 0 Å². The van der Waals surface area contributed by atoms with E-state index in [0.29, 0.717) is 26.0 Å². The number of allylic oxidation sites excluding steroid dienone is 1. The lowest BCUT2D eigenvalue weighted by Gasteiger charge is -2.18. The second-order valence-electron chi connectivity index (χ2n) is 8.05. The Morgan fingerprint density at radius 1 is 1.12 bits per heavy atom. The SMILES string of the molecule is C/C=C\c1cc2ccccc2c(NCC(O)COCCCC(=O)OCc2ccccc2)c1C. The van der Waals surface area contributed by atoms with E-state index in [2.05, 4.69) is 36.5 Å². The minimum Gasteiger partial charge on any atom is -0.461 e. The van der Waals surface area contributed by atoms with Crippen LogP contribution in [0.25, 0.3) is 16.8 Å². The summed E-state index contributed by atoms with van der Waals surface area (Å²) in [7, 11) is 0. The molecule has 5 nitrogen and oxygen atoms in total. The van der Waals surface area contributed by atoms with E-state index in [9.17, 15) is 9.90 Å². The number of aliphatic hydroxyl groups is 1. The van der Waals surface area contributed by atoms with Crippen LogP contribution in [0, 0.1) is 6.92 Å². The van der Waals surface area contributed by atoms with E-state index in [1.165, 1.54) is 0 Å². The summed E-state index contributed by atoms with van der Waals surface area (Å²) < 4.78 is 10.8. The first kappa shape index (κ1) is 24.5. The van der Waals surface area contributed by atoms with Gasteiger partial charge in [-0.2, -0.15) is 0 Å². The summed E-state index contributed by atoms with van der Waals surface area (Å²) in [5, 5.41) is 16.1. The Kier molecular flexibility index (Phi) is 9.48. The molecule has 3 aromatic rings. The minimum absolute atomic E-state index is 0.206. The quantitative estimate of drug-likeness (QED) is 0.284. The number of fused-ring (bicyclic) bond motifs is 1. The van der Waals surface area contributed by atoms with E-state index in [1.807, 2.05) is 55.5 Å². The Bertz CT molecular complexity index is 1060. The van der Waals surface area contributed by atoms with Crippen LogP contribution >= 0.6 is 0 Å². The number of anilines is 1. The Hall–Kier alpha value is -3.15. The van der Waals surface area contributed by atoms with Crippen LogP contribution in [0.2, 0.25) is 0 Å². The summed E-state index contributed by atoms with van der Waals surface area (Å²) in [5.41, 5.74) is 4.30. The molecule has 0 saturated carbocycles. The van der Waals surface area contributed by atoms with Crippen LogP contribution in [-0.4, -0.2) is 36.9 Å². The number of rotatable bonds is 12. The molecule has 3 rings (SSSR count). The zero-order valence-corrected chi connectivity index (χ0v) is 19.4. The maximum Gasteiger partial charge on any atom is 0.306 e. The van der Waals surface area contributed by atoms with E-state index < -0.39 is 6.10 Å². The molecule has 0 fully saturated rings. The van der Waals surface area contributed by atoms with Gasteiger partial charge in [-0.3, -0.25) is 4.79 Å². The predicted octanol–water partition coefficient (Wildman–Crippen LogP) is 5.49. The number of benzene rings is 3. The number of nitrogens with one attached hydrogen (secondary N) is 1. The van der Waals surface area contributed by atoms with Crippen molar-refractivity contribution in [2.75, 3.05) is 25.1 Å². The summed E-state index contributed by atoms with van der Waals surface area (Å²) in [6.07, 6.45) is 4.32. The number of carbonyl (C=O) groups excluding carboxylic acids is 1. The molecule has 0 aromatic heterocycles. The van der Waals surface area contributed by atoms with Gasteiger partial charge in [0.15, 0.2) is 0 Å². The fourth-order valence-electron chi connectivity index (χ4n) is 3.68. The van der Waals surface area contributed by atoms with Crippen molar-refractivity contribution in [3.8, 4) is 0 Å². The van der Waals surface area contributed by atoms with Gasteiger partial charge >= 0.3 is 5.97 Å². The lowest BCUT2D eigenvalue weighted by molar-refractivity contribution is -0.145. The van der Waals surface area contributed by atoms with Crippen molar-refractivity contribution in [1.29, 1.82) is 0 Å². The third kappa shape index (κ3) is 7.45. The molecule has 0 bridgehead atoms. The van der Waals surface area contributed by atoms with Gasteiger partial charge in [-0.25, -0.2) is 0 Å². The third-order valence-electron chi connectivity index (χ3n) is 5.43. The molecule has 3 aromatic carbocycles. The molecule has 174 valence electrons. The molecule has 1 atom stereocenters. The summed E-state index contributed by atoms with van der Waals surface area (Å²) in [6.45, 7) is 5.36. The highest BCUT2D eigenvalue weighted by molar-refractivity contribution is 5.97. The van der Waals surface area contributed by atoms with Gasteiger partial charge in [-0.1, -0.05) is 66.7 Å². The van der Waals surface area contributed by atoms with E-state index in [1.54, 1.807) is 0 Å². The van der Waals surface area contributed by atoms with Crippen LogP contribution in [0.3, 0.4) is 0 Å². The molecular formula is C28H33NO4. The minimum atomic E-state index is -0.654. The molecule has 5 heteroatoms. The van der Waals surface area contributed by atoms with Gasteiger partial charge in [0.25, 0.3) is 0 Å². The Morgan fingerprint density at radius 3 is 2.67 bits per heavy atom. The average Bonchev–Trinajstić information content (AvgIpc) is 2.83. The van der Waals surface area contributed by atoms with Crippen LogP contribution in [-0.2, 0) is 20.9 Å².